The first kappa shape index (κ1) is 55.1. The van der Waals surface area contributed by atoms with Gasteiger partial charge in [0.1, 0.15) is 12.7 Å². The summed E-state index contributed by atoms with van der Waals surface area (Å²) < 4.78 is 32.6. The number of allylic oxidation sites excluding steroid dienone is 14. The van der Waals surface area contributed by atoms with Crippen molar-refractivity contribution in [1.82, 2.24) is 0 Å². The highest BCUT2D eigenvalue weighted by Gasteiger charge is 2.27. The normalized spacial score (nSPS) is 15.2. The van der Waals surface area contributed by atoms with Crippen LogP contribution in [0.25, 0.3) is 0 Å². The summed E-state index contributed by atoms with van der Waals surface area (Å²) >= 11 is 0. The fraction of sp³-hybridized carbons (Fsp3) is 0.652. The van der Waals surface area contributed by atoms with Crippen molar-refractivity contribution in [3.63, 3.8) is 0 Å². The summed E-state index contributed by atoms with van der Waals surface area (Å²) in [5.74, 6) is -1.08. The van der Waals surface area contributed by atoms with E-state index >= 15 is 0 Å². The number of aliphatic hydroxyl groups is 3. The molecule has 0 aliphatic carbocycles. The number of ether oxygens (including phenoxy) is 2. The lowest BCUT2D eigenvalue weighted by Crippen LogP contribution is -2.29. The Balaban J connectivity index is 4.51. The Hall–Kier alpha value is -2.89. The second kappa shape index (κ2) is 40.9. The first-order chi connectivity index (χ1) is 28.1. The van der Waals surface area contributed by atoms with E-state index in [4.69, 9.17) is 19.1 Å². The smallest absolute Gasteiger partial charge is 0.462 e. The maximum Gasteiger partial charge on any atom is 0.472 e. The standard InChI is InChI=1S/C46H77O11P/c1-3-5-6-7-8-9-10-11-12-13-14-18-21-24-27-30-33-36-45(50)54-40-44(41-56-58(52,53)55-39-43(49)38-47)57-46(51)37-34-31-28-25-22-19-16-15-17-20-23-26-29-32-35-42(48)4-2/h11-12,14,16-20,24-29,42-44,47-49H,3-10,13,15,21-23,30-41H2,1-2H3,(H,52,53)/b12-11-,18-14-,19-16-,20-17-,27-24-,28-25-,29-26-/t42-,43+,44-/m1/s1. The number of aliphatic hydroxyl groups excluding tert-OH is 3. The molecule has 58 heavy (non-hydrogen) atoms. The van der Waals surface area contributed by atoms with Crippen molar-refractivity contribution in [2.75, 3.05) is 26.4 Å². The number of carbonyl (C=O) groups excluding carboxylic acids is 2. The second-order valence-electron chi connectivity index (χ2n) is 14.2. The number of unbranched alkanes of at least 4 members (excludes halogenated alkanes) is 8. The molecule has 0 saturated carbocycles. The first-order valence-corrected chi connectivity index (χ1v) is 23.1. The molecule has 4 atom stereocenters. The summed E-state index contributed by atoms with van der Waals surface area (Å²) in [6.07, 6.45) is 45.1. The van der Waals surface area contributed by atoms with Gasteiger partial charge < -0.3 is 29.7 Å². The monoisotopic (exact) mass is 837 g/mol. The average Bonchev–Trinajstić information content (AvgIpc) is 3.21. The molecule has 0 aromatic carbocycles. The highest BCUT2D eigenvalue weighted by molar-refractivity contribution is 7.47. The molecule has 0 spiro atoms. The summed E-state index contributed by atoms with van der Waals surface area (Å²) in [4.78, 5) is 34.9. The van der Waals surface area contributed by atoms with Crippen LogP contribution in [0.1, 0.15) is 149 Å². The molecule has 0 aromatic rings. The van der Waals surface area contributed by atoms with Gasteiger partial charge >= 0.3 is 19.8 Å². The van der Waals surface area contributed by atoms with E-state index in [2.05, 4.69) is 78.3 Å². The third kappa shape index (κ3) is 39.9. The Morgan fingerprint density at radius 1 is 0.552 bits per heavy atom. The molecule has 0 rings (SSSR count). The van der Waals surface area contributed by atoms with Gasteiger partial charge in [0.2, 0.25) is 0 Å². The molecule has 0 fully saturated rings. The van der Waals surface area contributed by atoms with Crippen molar-refractivity contribution >= 4 is 19.8 Å². The van der Waals surface area contributed by atoms with Crippen LogP contribution in [0.2, 0.25) is 0 Å². The Morgan fingerprint density at radius 2 is 1.00 bits per heavy atom. The zero-order valence-corrected chi connectivity index (χ0v) is 36.5. The minimum absolute atomic E-state index is 0.0799. The van der Waals surface area contributed by atoms with Crippen LogP contribution >= 0.6 is 7.82 Å². The topological polar surface area (TPSA) is 169 Å². The van der Waals surface area contributed by atoms with Crippen molar-refractivity contribution < 1.29 is 52.9 Å². The number of esters is 2. The van der Waals surface area contributed by atoms with Gasteiger partial charge in [0.05, 0.1) is 25.9 Å². The molecule has 0 aliphatic heterocycles. The summed E-state index contributed by atoms with van der Waals surface area (Å²) in [7, 11) is -4.66. The zero-order chi connectivity index (χ0) is 42.8. The maximum atomic E-state index is 12.6. The number of hydrogen-bond acceptors (Lipinski definition) is 10. The van der Waals surface area contributed by atoms with Crippen molar-refractivity contribution in [1.29, 1.82) is 0 Å². The van der Waals surface area contributed by atoms with Gasteiger partial charge in [-0.15, -0.1) is 0 Å². The molecular weight excluding hydrogens is 759 g/mol. The van der Waals surface area contributed by atoms with Gasteiger partial charge in [-0.2, -0.15) is 0 Å². The van der Waals surface area contributed by atoms with Crippen LogP contribution in [-0.2, 0) is 32.7 Å². The van der Waals surface area contributed by atoms with Crippen molar-refractivity contribution in [2.45, 2.75) is 167 Å². The molecule has 1 unspecified atom stereocenters. The van der Waals surface area contributed by atoms with Crippen molar-refractivity contribution in [3.05, 3.63) is 85.1 Å². The minimum atomic E-state index is -4.66. The number of carbonyl (C=O) groups is 2. The lowest BCUT2D eigenvalue weighted by molar-refractivity contribution is -0.161. The quantitative estimate of drug-likeness (QED) is 0.0201. The third-order valence-corrected chi connectivity index (χ3v) is 9.64. The van der Waals surface area contributed by atoms with Gasteiger partial charge in [-0.05, 0) is 89.9 Å². The molecule has 0 saturated heterocycles. The van der Waals surface area contributed by atoms with Gasteiger partial charge in [0, 0.05) is 12.8 Å². The molecule has 11 nitrogen and oxygen atoms in total. The number of hydrogen-bond donors (Lipinski definition) is 4. The minimum Gasteiger partial charge on any atom is -0.462 e. The van der Waals surface area contributed by atoms with Gasteiger partial charge in [0.25, 0.3) is 0 Å². The number of rotatable bonds is 39. The molecule has 12 heteroatoms. The lowest BCUT2D eigenvalue weighted by atomic mass is 10.1. The van der Waals surface area contributed by atoms with E-state index in [1.54, 1.807) is 0 Å². The molecule has 0 heterocycles. The van der Waals surface area contributed by atoms with Crippen LogP contribution in [0.4, 0.5) is 0 Å². The molecule has 0 amide bonds. The predicted octanol–water partition coefficient (Wildman–Crippen LogP) is 10.4. The van der Waals surface area contributed by atoms with Crippen LogP contribution in [-0.4, -0.2) is 76.9 Å². The highest BCUT2D eigenvalue weighted by atomic mass is 31.2. The lowest BCUT2D eigenvalue weighted by Gasteiger charge is -2.20. The van der Waals surface area contributed by atoms with Crippen LogP contribution in [0.3, 0.4) is 0 Å². The van der Waals surface area contributed by atoms with E-state index < -0.39 is 51.8 Å². The molecule has 0 bridgehead atoms. The Labute approximate surface area is 350 Å². The Kier molecular flexibility index (Phi) is 38.8. The van der Waals surface area contributed by atoms with Crippen LogP contribution in [0.5, 0.6) is 0 Å². The molecule has 0 aromatic heterocycles. The third-order valence-electron chi connectivity index (χ3n) is 8.69. The van der Waals surface area contributed by atoms with E-state index in [9.17, 15) is 29.3 Å². The van der Waals surface area contributed by atoms with Crippen LogP contribution in [0, 0.1) is 0 Å². The Bertz CT molecular complexity index is 1250. The molecule has 332 valence electrons. The van der Waals surface area contributed by atoms with Gasteiger partial charge in [-0.3, -0.25) is 18.6 Å². The Morgan fingerprint density at radius 3 is 1.52 bits per heavy atom. The van der Waals surface area contributed by atoms with E-state index in [-0.39, 0.29) is 25.6 Å². The van der Waals surface area contributed by atoms with Crippen molar-refractivity contribution in [2.24, 2.45) is 0 Å². The summed E-state index contributed by atoms with van der Waals surface area (Å²) in [6, 6.07) is 0. The fourth-order valence-electron chi connectivity index (χ4n) is 5.16. The molecule has 0 radical (unpaired) electrons. The molecule has 4 N–H and O–H groups in total. The van der Waals surface area contributed by atoms with E-state index in [1.165, 1.54) is 38.5 Å². The van der Waals surface area contributed by atoms with Crippen LogP contribution < -0.4 is 0 Å². The summed E-state index contributed by atoms with van der Waals surface area (Å²) in [5.41, 5.74) is 0. The first-order valence-electron chi connectivity index (χ1n) is 21.6. The molecule has 0 aliphatic rings. The van der Waals surface area contributed by atoms with E-state index in [0.29, 0.717) is 25.7 Å². The average molecular weight is 837 g/mol. The van der Waals surface area contributed by atoms with Gasteiger partial charge in [0.15, 0.2) is 6.10 Å². The van der Waals surface area contributed by atoms with E-state index in [0.717, 1.165) is 57.8 Å². The predicted molar refractivity (Wildman–Crippen MR) is 234 cm³/mol. The summed E-state index contributed by atoms with van der Waals surface area (Å²) in [5, 5.41) is 27.9. The highest BCUT2D eigenvalue weighted by Crippen LogP contribution is 2.43. The SMILES string of the molecule is CCCCCCCC/C=C\C/C=C\C/C=C\CCCC(=O)OC[C@H](COP(=O)(O)OC[C@@H](O)CO)OC(=O)CCC/C=C\C/C=C\C/C=C\C/C=C\CC[C@H](O)CC. The second-order valence-corrected chi connectivity index (χ2v) is 15.6. The maximum absolute atomic E-state index is 12.6. The zero-order valence-electron chi connectivity index (χ0n) is 35.6. The largest absolute Gasteiger partial charge is 0.472 e. The fourth-order valence-corrected chi connectivity index (χ4v) is 5.95. The van der Waals surface area contributed by atoms with E-state index in [1.807, 2.05) is 25.2 Å². The number of phosphoric acid groups is 1. The summed E-state index contributed by atoms with van der Waals surface area (Å²) in [6.45, 7) is 1.94. The van der Waals surface area contributed by atoms with Gasteiger partial charge in [-0.1, -0.05) is 131 Å². The molecular formula is C46H77O11P. The van der Waals surface area contributed by atoms with Crippen LogP contribution in [0.15, 0.2) is 85.1 Å². The number of phosphoric ester groups is 1. The van der Waals surface area contributed by atoms with Gasteiger partial charge in [-0.25, -0.2) is 4.57 Å². The van der Waals surface area contributed by atoms with Crippen molar-refractivity contribution in [3.8, 4) is 0 Å².